The Morgan fingerprint density at radius 3 is 3.15 bits per heavy atom. The maximum Gasteiger partial charge on any atom is 0.152 e. The Kier molecular flexibility index (Phi) is 2.14. The lowest BCUT2D eigenvalue weighted by atomic mass is 10.3. The van der Waals surface area contributed by atoms with E-state index in [0.29, 0.717) is 0 Å². The molecular formula is C9H9NO2S. The molecule has 0 aromatic heterocycles. The van der Waals surface area contributed by atoms with Crippen LogP contribution in [0.4, 0.5) is 5.69 Å². The van der Waals surface area contributed by atoms with Crippen molar-refractivity contribution in [3.63, 3.8) is 0 Å². The van der Waals surface area contributed by atoms with Gasteiger partial charge in [0, 0.05) is 4.90 Å². The minimum Gasteiger partial charge on any atom is -0.495 e. The highest BCUT2D eigenvalue weighted by atomic mass is 32.2. The summed E-state index contributed by atoms with van der Waals surface area (Å²) in [5, 5.41) is 2.90. The van der Waals surface area contributed by atoms with Crippen molar-refractivity contribution in [2.45, 2.75) is 10.3 Å². The maximum absolute atomic E-state index is 10.6. The second-order valence-electron chi connectivity index (χ2n) is 2.65. The van der Waals surface area contributed by atoms with Gasteiger partial charge in [-0.2, -0.15) is 0 Å². The number of ether oxygens (including phenoxy) is 1. The summed E-state index contributed by atoms with van der Waals surface area (Å²) < 4.78 is 5.16. The Labute approximate surface area is 80.5 Å². The molecule has 1 atom stereocenters. The van der Waals surface area contributed by atoms with Gasteiger partial charge in [0.25, 0.3) is 0 Å². The fourth-order valence-corrected chi connectivity index (χ4v) is 2.23. The van der Waals surface area contributed by atoms with E-state index in [1.165, 1.54) is 11.8 Å². The highest BCUT2D eigenvalue weighted by molar-refractivity contribution is 8.01. The van der Waals surface area contributed by atoms with Crippen LogP contribution in [0.5, 0.6) is 5.75 Å². The fraction of sp³-hybridized carbons (Fsp3) is 0.222. The van der Waals surface area contributed by atoms with Crippen LogP contribution in [-0.4, -0.2) is 18.8 Å². The van der Waals surface area contributed by atoms with E-state index in [4.69, 9.17) is 4.74 Å². The van der Waals surface area contributed by atoms with Crippen LogP contribution >= 0.6 is 11.8 Å². The van der Waals surface area contributed by atoms with Crippen molar-refractivity contribution >= 4 is 23.7 Å². The van der Waals surface area contributed by atoms with E-state index in [0.717, 1.165) is 22.6 Å². The molecule has 0 saturated carbocycles. The van der Waals surface area contributed by atoms with Crippen molar-refractivity contribution < 1.29 is 9.53 Å². The first-order valence-corrected chi connectivity index (χ1v) is 4.78. The van der Waals surface area contributed by atoms with Gasteiger partial charge in [-0.1, -0.05) is 17.8 Å². The van der Waals surface area contributed by atoms with Crippen LogP contribution in [0.25, 0.3) is 0 Å². The number of rotatable bonds is 2. The summed E-state index contributed by atoms with van der Waals surface area (Å²) in [6.07, 6.45) is 0.893. The molecule has 0 saturated heterocycles. The summed E-state index contributed by atoms with van der Waals surface area (Å²) in [6.45, 7) is 0. The number of methoxy groups -OCH3 is 1. The van der Waals surface area contributed by atoms with Crippen LogP contribution in [0, 0.1) is 0 Å². The zero-order chi connectivity index (χ0) is 9.26. The number of hydrogen-bond acceptors (Lipinski definition) is 4. The monoisotopic (exact) mass is 195 g/mol. The third kappa shape index (κ3) is 1.37. The lowest BCUT2D eigenvalue weighted by Crippen LogP contribution is -2.10. The number of hydrogen-bond donors (Lipinski definition) is 1. The van der Waals surface area contributed by atoms with Crippen LogP contribution in [0.2, 0.25) is 0 Å². The molecule has 1 N–H and O–H groups in total. The number of nitrogens with one attached hydrogen (secondary N) is 1. The van der Waals surface area contributed by atoms with Crippen molar-refractivity contribution in [1.29, 1.82) is 0 Å². The molecule has 1 aromatic carbocycles. The molecule has 0 radical (unpaired) electrons. The number of fused-ring (bicyclic) bond motifs is 1. The van der Waals surface area contributed by atoms with Crippen LogP contribution in [-0.2, 0) is 4.79 Å². The Morgan fingerprint density at radius 2 is 2.46 bits per heavy atom. The van der Waals surface area contributed by atoms with Gasteiger partial charge in [0.05, 0.1) is 12.8 Å². The van der Waals surface area contributed by atoms with E-state index in [1.54, 1.807) is 7.11 Å². The van der Waals surface area contributed by atoms with Gasteiger partial charge >= 0.3 is 0 Å². The van der Waals surface area contributed by atoms with Gasteiger partial charge in [-0.25, -0.2) is 0 Å². The van der Waals surface area contributed by atoms with Gasteiger partial charge in [0.15, 0.2) is 6.29 Å². The number of thioether (sulfide) groups is 1. The fourth-order valence-electron chi connectivity index (χ4n) is 1.29. The average Bonchev–Trinajstić information content (AvgIpc) is 2.59. The standard InChI is InChI=1S/C9H9NO2S/c1-12-6-3-2-4-7-9(6)10-8(5-11)13-7/h2-5,8,10H,1H3. The zero-order valence-corrected chi connectivity index (χ0v) is 7.93. The molecule has 0 amide bonds. The van der Waals surface area contributed by atoms with Crippen LogP contribution in [0.3, 0.4) is 0 Å². The number of para-hydroxylation sites is 1. The molecule has 13 heavy (non-hydrogen) atoms. The molecular weight excluding hydrogens is 186 g/mol. The first-order chi connectivity index (χ1) is 6.35. The summed E-state index contributed by atoms with van der Waals surface area (Å²) in [7, 11) is 1.62. The lowest BCUT2D eigenvalue weighted by molar-refractivity contribution is -0.107. The quantitative estimate of drug-likeness (QED) is 0.729. The van der Waals surface area contributed by atoms with Crippen molar-refractivity contribution in [3.05, 3.63) is 18.2 Å². The van der Waals surface area contributed by atoms with Gasteiger partial charge in [0.2, 0.25) is 0 Å². The Morgan fingerprint density at radius 1 is 1.62 bits per heavy atom. The van der Waals surface area contributed by atoms with Crippen molar-refractivity contribution in [3.8, 4) is 5.75 Å². The van der Waals surface area contributed by atoms with E-state index in [9.17, 15) is 4.79 Å². The molecule has 68 valence electrons. The van der Waals surface area contributed by atoms with Gasteiger partial charge in [-0.3, -0.25) is 0 Å². The summed E-state index contributed by atoms with van der Waals surface area (Å²) in [6, 6.07) is 5.76. The molecule has 1 aliphatic heterocycles. The normalized spacial score (nSPS) is 19.0. The number of anilines is 1. The van der Waals surface area contributed by atoms with E-state index in [1.807, 2.05) is 18.2 Å². The molecule has 2 rings (SSSR count). The predicted octanol–water partition coefficient (Wildman–Crippen LogP) is 1.74. The van der Waals surface area contributed by atoms with Crippen LogP contribution in [0.1, 0.15) is 0 Å². The van der Waals surface area contributed by atoms with Gasteiger partial charge in [-0.15, -0.1) is 0 Å². The average molecular weight is 195 g/mol. The molecule has 0 fully saturated rings. The zero-order valence-electron chi connectivity index (χ0n) is 7.11. The second-order valence-corrected chi connectivity index (χ2v) is 3.84. The molecule has 0 spiro atoms. The van der Waals surface area contributed by atoms with E-state index < -0.39 is 0 Å². The molecule has 3 nitrogen and oxygen atoms in total. The van der Waals surface area contributed by atoms with Crippen molar-refractivity contribution in [2.24, 2.45) is 0 Å². The smallest absolute Gasteiger partial charge is 0.152 e. The summed E-state index contributed by atoms with van der Waals surface area (Å²) in [5.74, 6) is 0.786. The summed E-state index contributed by atoms with van der Waals surface area (Å²) >= 11 is 1.51. The predicted molar refractivity (Wildman–Crippen MR) is 52.3 cm³/mol. The van der Waals surface area contributed by atoms with Gasteiger partial charge in [-0.05, 0) is 12.1 Å². The lowest BCUT2D eigenvalue weighted by Gasteiger charge is -2.06. The first kappa shape index (κ1) is 8.44. The number of aldehydes is 1. The van der Waals surface area contributed by atoms with E-state index in [-0.39, 0.29) is 5.37 Å². The highest BCUT2D eigenvalue weighted by Crippen LogP contribution is 2.42. The number of carbonyl (C=O) groups is 1. The van der Waals surface area contributed by atoms with Gasteiger partial charge in [0.1, 0.15) is 11.1 Å². The largest absolute Gasteiger partial charge is 0.495 e. The maximum atomic E-state index is 10.6. The molecule has 0 aliphatic carbocycles. The van der Waals surface area contributed by atoms with Crippen LogP contribution in [0.15, 0.2) is 23.1 Å². The number of benzene rings is 1. The minimum atomic E-state index is -0.175. The van der Waals surface area contributed by atoms with E-state index in [2.05, 4.69) is 5.32 Å². The molecule has 1 unspecified atom stereocenters. The molecule has 1 heterocycles. The molecule has 1 aliphatic rings. The Bertz CT molecular complexity index is 340. The van der Waals surface area contributed by atoms with Crippen molar-refractivity contribution in [2.75, 3.05) is 12.4 Å². The summed E-state index contributed by atoms with van der Waals surface area (Å²) in [5.41, 5.74) is 0.923. The minimum absolute atomic E-state index is 0.175. The van der Waals surface area contributed by atoms with Crippen LogP contribution < -0.4 is 10.1 Å². The Balaban J connectivity index is 2.38. The van der Waals surface area contributed by atoms with Gasteiger partial charge < -0.3 is 14.8 Å². The van der Waals surface area contributed by atoms with E-state index >= 15 is 0 Å². The first-order valence-electron chi connectivity index (χ1n) is 3.90. The SMILES string of the molecule is COc1cccc2c1NC(C=O)S2. The van der Waals surface area contributed by atoms with Crippen molar-refractivity contribution in [1.82, 2.24) is 0 Å². The molecule has 4 heteroatoms. The molecule has 1 aromatic rings. The third-order valence-electron chi connectivity index (χ3n) is 1.87. The molecule has 0 bridgehead atoms. The highest BCUT2D eigenvalue weighted by Gasteiger charge is 2.23. The number of carbonyl (C=O) groups excluding carboxylic acids is 1. The third-order valence-corrected chi connectivity index (χ3v) is 2.95. The topological polar surface area (TPSA) is 38.3 Å². The Hall–Kier alpha value is -1.16. The summed E-state index contributed by atoms with van der Waals surface area (Å²) in [4.78, 5) is 11.6. The second kappa shape index (κ2) is 3.30.